The van der Waals surface area contributed by atoms with E-state index < -0.39 is 21.5 Å². The Morgan fingerprint density at radius 1 is 1.12 bits per heavy atom. The number of hydrogen-bond acceptors (Lipinski definition) is 4. The number of anilines is 1. The van der Waals surface area contributed by atoms with Gasteiger partial charge in [-0.2, -0.15) is 0 Å². The molecular formula is C20H25NO4S. The van der Waals surface area contributed by atoms with Crippen LogP contribution in [0, 0.1) is 0 Å². The first-order valence-electron chi connectivity index (χ1n) is 8.56. The first kappa shape index (κ1) is 20.1. The van der Waals surface area contributed by atoms with Crippen LogP contribution in [-0.4, -0.2) is 32.9 Å². The number of carbonyl (C=O) groups is 1. The van der Waals surface area contributed by atoms with Gasteiger partial charge in [0.2, 0.25) is 5.91 Å². The molecule has 0 heterocycles. The maximum atomic E-state index is 12.2. The van der Waals surface area contributed by atoms with E-state index in [0.29, 0.717) is 18.5 Å². The van der Waals surface area contributed by atoms with Crippen molar-refractivity contribution >= 4 is 21.4 Å². The Bertz CT molecular complexity index is 819. The van der Waals surface area contributed by atoms with Crippen molar-refractivity contribution in [2.75, 3.05) is 23.9 Å². The Morgan fingerprint density at radius 3 is 2.54 bits per heavy atom. The van der Waals surface area contributed by atoms with Crippen molar-refractivity contribution in [1.29, 1.82) is 0 Å². The number of nitrogens with one attached hydrogen (secondary N) is 1. The summed E-state index contributed by atoms with van der Waals surface area (Å²) in [6.07, 6.45) is 1.08. The Balaban J connectivity index is 1.86. The van der Waals surface area contributed by atoms with Gasteiger partial charge in [-0.1, -0.05) is 42.5 Å². The van der Waals surface area contributed by atoms with Gasteiger partial charge < -0.3 is 10.1 Å². The molecule has 0 saturated heterocycles. The summed E-state index contributed by atoms with van der Waals surface area (Å²) in [7, 11) is -1.83. The van der Waals surface area contributed by atoms with Gasteiger partial charge in [0, 0.05) is 12.8 Å². The average Bonchev–Trinajstić information content (AvgIpc) is 2.61. The van der Waals surface area contributed by atoms with Crippen LogP contribution >= 0.6 is 0 Å². The minimum Gasteiger partial charge on any atom is -0.377 e. The largest absolute Gasteiger partial charge is 0.377 e. The Kier molecular flexibility index (Phi) is 7.36. The van der Waals surface area contributed by atoms with Crippen LogP contribution in [0.1, 0.15) is 30.6 Å². The topological polar surface area (TPSA) is 72.5 Å². The smallest absolute Gasteiger partial charge is 0.239 e. The number of amides is 1. The van der Waals surface area contributed by atoms with Gasteiger partial charge in [0.25, 0.3) is 0 Å². The van der Waals surface area contributed by atoms with Crippen LogP contribution in [0.2, 0.25) is 0 Å². The summed E-state index contributed by atoms with van der Waals surface area (Å²) < 4.78 is 29.6. The third-order valence-electron chi connectivity index (χ3n) is 4.11. The zero-order valence-corrected chi connectivity index (χ0v) is 16.0. The van der Waals surface area contributed by atoms with Gasteiger partial charge in [-0.25, -0.2) is 8.42 Å². The van der Waals surface area contributed by atoms with Gasteiger partial charge in [0.15, 0.2) is 9.84 Å². The molecule has 0 bridgehead atoms. The van der Waals surface area contributed by atoms with Gasteiger partial charge in [0.05, 0.1) is 11.9 Å². The lowest BCUT2D eigenvalue weighted by Crippen LogP contribution is -2.25. The minimum absolute atomic E-state index is 0.00391. The molecule has 1 unspecified atom stereocenters. The number of aryl methyl sites for hydroxylation is 1. The molecule has 5 nitrogen and oxygen atoms in total. The molecule has 2 rings (SSSR count). The number of methoxy groups -OCH3 is 1. The van der Waals surface area contributed by atoms with Crippen molar-refractivity contribution in [3.8, 4) is 0 Å². The van der Waals surface area contributed by atoms with E-state index in [4.69, 9.17) is 4.74 Å². The molecule has 1 atom stereocenters. The molecule has 1 N–H and O–H groups in total. The van der Waals surface area contributed by atoms with Crippen molar-refractivity contribution in [3.63, 3.8) is 0 Å². The van der Waals surface area contributed by atoms with E-state index in [1.54, 1.807) is 25.3 Å². The van der Waals surface area contributed by atoms with Gasteiger partial charge in [-0.15, -0.1) is 0 Å². The summed E-state index contributed by atoms with van der Waals surface area (Å²) in [5.74, 6) is -1.03. The highest BCUT2D eigenvalue weighted by atomic mass is 32.2. The van der Waals surface area contributed by atoms with E-state index in [0.717, 1.165) is 11.1 Å². The number of hydrogen-bond donors (Lipinski definition) is 1. The van der Waals surface area contributed by atoms with Crippen molar-refractivity contribution in [1.82, 2.24) is 0 Å². The van der Waals surface area contributed by atoms with Crippen LogP contribution in [0.5, 0.6) is 0 Å². The van der Waals surface area contributed by atoms with E-state index in [1.165, 1.54) is 0 Å². The zero-order valence-electron chi connectivity index (χ0n) is 15.1. The Labute approximate surface area is 155 Å². The van der Waals surface area contributed by atoms with Crippen molar-refractivity contribution in [2.45, 2.75) is 25.9 Å². The summed E-state index contributed by atoms with van der Waals surface area (Å²) in [6.45, 7) is 1.90. The van der Waals surface area contributed by atoms with E-state index in [9.17, 15) is 13.2 Å². The second-order valence-corrected chi connectivity index (χ2v) is 8.42. The van der Waals surface area contributed by atoms with E-state index in [1.807, 2.05) is 43.3 Å². The van der Waals surface area contributed by atoms with Crippen LogP contribution in [0.25, 0.3) is 0 Å². The fourth-order valence-electron chi connectivity index (χ4n) is 2.62. The summed E-state index contributed by atoms with van der Waals surface area (Å²) >= 11 is 0. The second-order valence-electron chi connectivity index (χ2n) is 6.23. The lowest BCUT2D eigenvalue weighted by Gasteiger charge is -2.12. The number of carbonyl (C=O) groups excluding carboxylic acids is 1. The molecule has 0 saturated carbocycles. The third kappa shape index (κ3) is 6.61. The number of rotatable bonds is 9. The number of benzene rings is 2. The summed E-state index contributed by atoms with van der Waals surface area (Å²) in [5.41, 5.74) is 2.57. The Hall–Kier alpha value is -2.18. The predicted octanol–water partition coefficient (Wildman–Crippen LogP) is 3.38. The highest BCUT2D eigenvalue weighted by Gasteiger charge is 2.17. The fourth-order valence-corrected chi connectivity index (χ4v) is 3.82. The molecule has 0 aliphatic carbocycles. The fraction of sp³-hybridized carbons (Fsp3) is 0.350. The maximum absolute atomic E-state index is 12.2. The average molecular weight is 375 g/mol. The molecule has 0 spiro atoms. The van der Waals surface area contributed by atoms with Gasteiger partial charge in [-0.3, -0.25) is 4.79 Å². The second kappa shape index (κ2) is 9.50. The lowest BCUT2D eigenvalue weighted by atomic mass is 10.1. The first-order valence-corrected chi connectivity index (χ1v) is 10.4. The van der Waals surface area contributed by atoms with Crippen LogP contribution < -0.4 is 5.32 Å². The molecule has 2 aromatic carbocycles. The van der Waals surface area contributed by atoms with Crippen LogP contribution in [0.4, 0.5) is 5.69 Å². The SMILES string of the molecule is COC(C)c1cccc(NC(=O)CS(=O)(=O)CCCc2ccccc2)c1. The molecule has 0 fully saturated rings. The predicted molar refractivity (Wildman–Crippen MR) is 104 cm³/mol. The molecule has 6 heteroatoms. The highest BCUT2D eigenvalue weighted by molar-refractivity contribution is 7.92. The first-order chi connectivity index (χ1) is 12.4. The maximum Gasteiger partial charge on any atom is 0.239 e. The molecule has 0 aliphatic heterocycles. The number of ether oxygens (including phenoxy) is 1. The molecule has 0 aliphatic rings. The van der Waals surface area contributed by atoms with Crippen molar-refractivity contribution < 1.29 is 17.9 Å². The molecular weight excluding hydrogens is 350 g/mol. The normalized spacial score (nSPS) is 12.5. The number of sulfone groups is 1. The summed E-state index contributed by atoms with van der Waals surface area (Å²) in [6, 6.07) is 16.9. The quantitative estimate of drug-likeness (QED) is 0.729. The van der Waals surface area contributed by atoms with Gasteiger partial charge in [-0.05, 0) is 43.0 Å². The molecule has 26 heavy (non-hydrogen) atoms. The summed E-state index contributed by atoms with van der Waals surface area (Å²) in [4.78, 5) is 12.1. The molecule has 140 valence electrons. The van der Waals surface area contributed by atoms with Gasteiger partial charge >= 0.3 is 0 Å². The van der Waals surface area contributed by atoms with Crippen LogP contribution in [0.15, 0.2) is 54.6 Å². The van der Waals surface area contributed by atoms with Crippen LogP contribution in [-0.2, 0) is 25.8 Å². The highest BCUT2D eigenvalue weighted by Crippen LogP contribution is 2.19. The summed E-state index contributed by atoms with van der Waals surface area (Å²) in [5, 5.41) is 2.65. The Morgan fingerprint density at radius 2 is 1.85 bits per heavy atom. The molecule has 2 aromatic rings. The van der Waals surface area contributed by atoms with E-state index >= 15 is 0 Å². The molecule has 0 radical (unpaired) electrons. The molecule has 0 aromatic heterocycles. The van der Waals surface area contributed by atoms with Crippen LogP contribution in [0.3, 0.4) is 0 Å². The molecule has 1 amide bonds. The van der Waals surface area contributed by atoms with E-state index in [-0.39, 0.29) is 11.9 Å². The van der Waals surface area contributed by atoms with Gasteiger partial charge in [0.1, 0.15) is 5.75 Å². The van der Waals surface area contributed by atoms with E-state index in [2.05, 4.69) is 5.32 Å². The monoisotopic (exact) mass is 375 g/mol. The van der Waals surface area contributed by atoms with Crippen molar-refractivity contribution in [2.24, 2.45) is 0 Å². The lowest BCUT2D eigenvalue weighted by molar-refractivity contribution is -0.113. The van der Waals surface area contributed by atoms with Crippen molar-refractivity contribution in [3.05, 3.63) is 65.7 Å². The third-order valence-corrected chi connectivity index (χ3v) is 5.72. The minimum atomic E-state index is -3.44. The zero-order chi connectivity index (χ0) is 19.0. The standard InChI is InChI=1S/C20H25NO4S/c1-16(25-2)18-11-6-12-19(14-18)21-20(22)15-26(23,24)13-7-10-17-8-4-3-5-9-17/h3-6,8-9,11-12,14,16H,7,10,13,15H2,1-2H3,(H,21,22).